The number of anilines is 2. The van der Waals surface area contributed by atoms with E-state index < -0.39 is 36.1 Å². The molecule has 1 fully saturated rings. The monoisotopic (exact) mass is 598 g/mol. The largest absolute Gasteiger partial charge is 0.463 e. The SMILES string of the molecule is Nc1cc(N)cc(C(=O)OCCCCCCOC(=O)/C=C/c2ccc(OC(F)(F)C3CCC(C(F)(F)F)CC3)cc2)c1. The molecule has 0 aromatic heterocycles. The Hall–Kier alpha value is -3.83. The quantitative estimate of drug-likeness (QED) is 0.0827. The maximum Gasteiger partial charge on any atom is 0.400 e. The molecule has 0 amide bonds. The van der Waals surface area contributed by atoms with E-state index >= 15 is 0 Å². The third-order valence-electron chi connectivity index (χ3n) is 6.94. The van der Waals surface area contributed by atoms with Crippen molar-refractivity contribution in [3.8, 4) is 5.75 Å². The minimum Gasteiger partial charge on any atom is -0.463 e. The molecule has 0 unspecified atom stereocenters. The molecule has 0 heterocycles. The Balaban J connectivity index is 1.29. The number of rotatable bonds is 13. The van der Waals surface area contributed by atoms with Gasteiger partial charge in [-0.3, -0.25) is 0 Å². The van der Waals surface area contributed by atoms with Gasteiger partial charge in [0, 0.05) is 17.5 Å². The Morgan fingerprint density at radius 1 is 0.786 bits per heavy atom. The Morgan fingerprint density at radius 2 is 1.33 bits per heavy atom. The van der Waals surface area contributed by atoms with Gasteiger partial charge in [-0.2, -0.15) is 22.0 Å². The van der Waals surface area contributed by atoms with Crippen molar-refractivity contribution in [3.05, 3.63) is 59.7 Å². The summed E-state index contributed by atoms with van der Waals surface area (Å²) in [7, 11) is 0. The van der Waals surface area contributed by atoms with Crippen LogP contribution >= 0.6 is 0 Å². The maximum absolute atomic E-state index is 14.5. The maximum atomic E-state index is 14.5. The number of carbonyl (C=O) groups is 2. The summed E-state index contributed by atoms with van der Waals surface area (Å²) >= 11 is 0. The van der Waals surface area contributed by atoms with Gasteiger partial charge in [0.1, 0.15) is 5.75 Å². The van der Waals surface area contributed by atoms with Gasteiger partial charge in [0.05, 0.1) is 30.6 Å². The van der Waals surface area contributed by atoms with Crippen LogP contribution in [0.15, 0.2) is 48.5 Å². The number of esters is 2. The van der Waals surface area contributed by atoms with Crippen LogP contribution in [0.4, 0.5) is 33.3 Å². The molecule has 1 aliphatic carbocycles. The highest BCUT2D eigenvalue weighted by atomic mass is 19.4. The molecular formula is C30H35F5N2O5. The zero-order valence-corrected chi connectivity index (χ0v) is 23.0. The van der Waals surface area contributed by atoms with E-state index in [4.69, 9.17) is 25.7 Å². The third kappa shape index (κ3) is 10.5. The standard InChI is InChI=1S/C30H35F5N2O5/c31-29(32,33)22-8-10-23(11-9-22)30(34,35)42-26-12-5-20(6-13-26)7-14-27(38)40-15-3-1-2-4-16-41-28(39)21-17-24(36)19-25(37)18-21/h5-7,12-14,17-19,22-23H,1-4,8-11,15-16,36-37H2/b14-7+. The minimum atomic E-state index is -4.37. The second-order valence-electron chi connectivity index (χ2n) is 10.3. The summed E-state index contributed by atoms with van der Waals surface area (Å²) in [5.74, 6) is -4.02. The number of halogens is 5. The smallest absolute Gasteiger partial charge is 0.400 e. The number of nitrogens with two attached hydrogens (primary N) is 2. The lowest BCUT2D eigenvalue weighted by molar-refractivity contribution is -0.237. The van der Waals surface area contributed by atoms with Crippen molar-refractivity contribution in [2.24, 2.45) is 11.8 Å². The zero-order valence-electron chi connectivity index (χ0n) is 23.0. The van der Waals surface area contributed by atoms with Gasteiger partial charge >= 0.3 is 24.2 Å². The van der Waals surface area contributed by atoms with Crippen LogP contribution in [0.1, 0.15) is 67.3 Å². The molecule has 0 saturated heterocycles. The second kappa shape index (κ2) is 14.9. The van der Waals surface area contributed by atoms with Gasteiger partial charge in [0.25, 0.3) is 0 Å². The molecular weight excluding hydrogens is 563 g/mol. The molecule has 7 nitrogen and oxygen atoms in total. The first-order valence-corrected chi connectivity index (χ1v) is 13.7. The molecule has 0 bridgehead atoms. The van der Waals surface area contributed by atoms with E-state index in [0.29, 0.717) is 35.3 Å². The number of hydrogen-bond acceptors (Lipinski definition) is 7. The minimum absolute atomic E-state index is 0.123. The first-order valence-electron chi connectivity index (χ1n) is 13.7. The van der Waals surface area contributed by atoms with Crippen LogP contribution in [0.25, 0.3) is 6.08 Å². The van der Waals surface area contributed by atoms with Crippen LogP contribution < -0.4 is 16.2 Å². The summed E-state index contributed by atoms with van der Waals surface area (Å²) in [4.78, 5) is 24.0. The van der Waals surface area contributed by atoms with Crippen LogP contribution in [-0.4, -0.2) is 37.4 Å². The number of benzene rings is 2. The molecule has 42 heavy (non-hydrogen) atoms. The van der Waals surface area contributed by atoms with Gasteiger partial charge in [-0.15, -0.1) is 0 Å². The van der Waals surface area contributed by atoms with Gasteiger partial charge in [-0.05, 0) is 93.3 Å². The molecule has 1 aliphatic rings. The van der Waals surface area contributed by atoms with E-state index in [9.17, 15) is 31.5 Å². The summed E-state index contributed by atoms with van der Waals surface area (Å²) in [6, 6.07) is 10.1. The third-order valence-corrected chi connectivity index (χ3v) is 6.94. The van der Waals surface area contributed by atoms with E-state index in [0.717, 1.165) is 12.8 Å². The second-order valence-corrected chi connectivity index (χ2v) is 10.3. The summed E-state index contributed by atoms with van der Waals surface area (Å²) in [5, 5.41) is 0. The highest BCUT2D eigenvalue weighted by Crippen LogP contribution is 2.44. The topological polar surface area (TPSA) is 114 Å². The first kappa shape index (κ1) is 32.7. The van der Waals surface area contributed by atoms with Crippen molar-refractivity contribution in [1.82, 2.24) is 0 Å². The van der Waals surface area contributed by atoms with E-state index in [1.807, 2.05) is 0 Å². The Labute approximate surface area is 241 Å². The molecule has 12 heteroatoms. The average Bonchev–Trinajstić information content (AvgIpc) is 2.93. The molecule has 2 aromatic rings. The van der Waals surface area contributed by atoms with Gasteiger partial charge in [0.15, 0.2) is 0 Å². The number of ether oxygens (including phenoxy) is 3. The van der Waals surface area contributed by atoms with Crippen molar-refractivity contribution in [1.29, 1.82) is 0 Å². The highest BCUT2D eigenvalue weighted by Gasteiger charge is 2.48. The molecule has 1 saturated carbocycles. The van der Waals surface area contributed by atoms with Crippen molar-refractivity contribution in [2.75, 3.05) is 24.7 Å². The molecule has 0 spiro atoms. The highest BCUT2D eigenvalue weighted by molar-refractivity contribution is 5.91. The predicted molar refractivity (Wildman–Crippen MR) is 148 cm³/mol. The van der Waals surface area contributed by atoms with Gasteiger partial charge < -0.3 is 25.7 Å². The molecule has 2 aromatic carbocycles. The van der Waals surface area contributed by atoms with Crippen LogP contribution in [0.5, 0.6) is 5.75 Å². The average molecular weight is 599 g/mol. The van der Waals surface area contributed by atoms with Crippen LogP contribution in [0.3, 0.4) is 0 Å². The Kier molecular flexibility index (Phi) is 11.6. The van der Waals surface area contributed by atoms with Gasteiger partial charge in [-0.1, -0.05) is 12.1 Å². The van der Waals surface area contributed by atoms with Crippen LogP contribution in [-0.2, 0) is 14.3 Å². The molecule has 0 aliphatic heterocycles. The molecule has 0 radical (unpaired) electrons. The van der Waals surface area contributed by atoms with Gasteiger partial charge in [0.2, 0.25) is 0 Å². The van der Waals surface area contributed by atoms with Crippen molar-refractivity contribution in [3.63, 3.8) is 0 Å². The fraction of sp³-hybridized carbons (Fsp3) is 0.467. The molecule has 230 valence electrons. The first-order chi connectivity index (χ1) is 19.8. The van der Waals surface area contributed by atoms with Gasteiger partial charge in [-0.25, -0.2) is 9.59 Å². The molecule has 3 rings (SSSR count). The Morgan fingerprint density at radius 3 is 1.90 bits per heavy atom. The molecule has 4 N–H and O–H groups in total. The number of hydrogen-bond donors (Lipinski definition) is 2. The van der Waals surface area contributed by atoms with Crippen LogP contribution in [0.2, 0.25) is 0 Å². The Bertz CT molecular complexity index is 1190. The fourth-order valence-electron chi connectivity index (χ4n) is 4.63. The van der Waals surface area contributed by atoms with Crippen molar-refractivity contribution >= 4 is 29.4 Å². The van der Waals surface area contributed by atoms with Crippen molar-refractivity contribution < 1.29 is 45.8 Å². The van der Waals surface area contributed by atoms with E-state index in [-0.39, 0.29) is 44.6 Å². The lowest BCUT2D eigenvalue weighted by Crippen LogP contribution is -2.39. The zero-order chi connectivity index (χ0) is 30.8. The fourth-order valence-corrected chi connectivity index (χ4v) is 4.63. The lowest BCUT2D eigenvalue weighted by atomic mass is 9.81. The molecule has 0 atom stereocenters. The number of nitrogen functional groups attached to an aromatic ring is 2. The summed E-state index contributed by atoms with van der Waals surface area (Å²) in [6.07, 6.45) is -3.71. The van der Waals surface area contributed by atoms with E-state index in [2.05, 4.69) is 0 Å². The van der Waals surface area contributed by atoms with Crippen LogP contribution in [0, 0.1) is 11.8 Å². The van der Waals surface area contributed by atoms with E-state index in [1.165, 1.54) is 48.6 Å². The summed E-state index contributed by atoms with van der Waals surface area (Å²) in [6.45, 7) is 0.443. The number of unbranched alkanes of at least 4 members (excludes halogenated alkanes) is 3. The summed E-state index contributed by atoms with van der Waals surface area (Å²) < 4.78 is 82.6. The normalized spacial score (nSPS) is 17.6. The summed E-state index contributed by atoms with van der Waals surface area (Å²) in [5.41, 5.74) is 12.9. The predicted octanol–water partition coefficient (Wildman–Crippen LogP) is 7.17. The number of alkyl halides is 5. The van der Waals surface area contributed by atoms with E-state index in [1.54, 1.807) is 6.07 Å². The lowest BCUT2D eigenvalue weighted by Gasteiger charge is -2.33. The van der Waals surface area contributed by atoms with Crippen molar-refractivity contribution in [2.45, 2.75) is 63.7 Å². The number of carbonyl (C=O) groups excluding carboxylic acids is 2.